The van der Waals surface area contributed by atoms with E-state index in [1.54, 1.807) is 0 Å². The molecule has 1 unspecified atom stereocenters. The third-order valence-electron chi connectivity index (χ3n) is 2.44. The lowest BCUT2D eigenvalue weighted by atomic mass is 10.1. The fourth-order valence-corrected chi connectivity index (χ4v) is 2.81. The van der Waals surface area contributed by atoms with E-state index in [1.807, 2.05) is 6.07 Å². The van der Waals surface area contributed by atoms with Crippen LogP contribution in [0.4, 0.5) is 0 Å². The molecule has 1 aromatic carbocycles. The van der Waals surface area contributed by atoms with Crippen LogP contribution < -0.4 is 4.72 Å². The van der Waals surface area contributed by atoms with Gasteiger partial charge in [0.2, 0.25) is 0 Å². The summed E-state index contributed by atoms with van der Waals surface area (Å²) in [5.74, 6) is 0. The molecular formula is C11H8Cl2N4O2S. The predicted octanol–water partition coefficient (Wildman–Crippen LogP) is 2.26. The van der Waals surface area contributed by atoms with Crippen molar-refractivity contribution < 1.29 is 8.42 Å². The first-order valence-electron chi connectivity index (χ1n) is 5.29. The number of sulfonamides is 1. The van der Waals surface area contributed by atoms with Gasteiger partial charge in [-0.2, -0.15) is 9.98 Å². The van der Waals surface area contributed by atoms with Gasteiger partial charge in [-0.3, -0.25) is 0 Å². The average Bonchev–Trinajstić information content (AvgIpc) is 2.94. The highest BCUT2D eigenvalue weighted by Crippen LogP contribution is 2.26. The molecule has 0 amide bonds. The number of nitrogens with one attached hydrogen (secondary N) is 2. The van der Waals surface area contributed by atoms with Gasteiger partial charge in [0, 0.05) is 0 Å². The summed E-state index contributed by atoms with van der Waals surface area (Å²) < 4.78 is 26.2. The number of aromatic nitrogens is 2. The number of imidazole rings is 1. The Balaban J connectivity index is 2.30. The summed E-state index contributed by atoms with van der Waals surface area (Å²) in [5.41, 5.74) is 0.394. The number of halogens is 2. The molecule has 20 heavy (non-hydrogen) atoms. The zero-order valence-corrected chi connectivity index (χ0v) is 12.2. The molecule has 104 valence electrons. The van der Waals surface area contributed by atoms with Gasteiger partial charge in [0.15, 0.2) is 5.03 Å². The van der Waals surface area contributed by atoms with E-state index in [2.05, 4.69) is 14.7 Å². The Kier molecular flexibility index (Phi) is 4.30. The van der Waals surface area contributed by atoms with Crippen LogP contribution in [0.5, 0.6) is 0 Å². The molecule has 0 bridgehead atoms. The Morgan fingerprint density at radius 3 is 2.65 bits per heavy atom. The van der Waals surface area contributed by atoms with Crippen molar-refractivity contribution in [3.05, 3.63) is 46.3 Å². The van der Waals surface area contributed by atoms with Crippen molar-refractivity contribution in [2.24, 2.45) is 0 Å². The minimum atomic E-state index is -3.87. The molecule has 1 heterocycles. The largest absolute Gasteiger partial charge is 0.335 e. The second-order valence-corrected chi connectivity index (χ2v) is 6.27. The van der Waals surface area contributed by atoms with E-state index in [-0.39, 0.29) is 10.0 Å². The minimum absolute atomic E-state index is 0.127. The fraction of sp³-hybridized carbons (Fsp3) is 0.0909. The second kappa shape index (κ2) is 5.81. The molecule has 2 rings (SSSR count). The number of H-pyrrole nitrogens is 1. The lowest BCUT2D eigenvalue weighted by molar-refractivity contribution is 0.572. The van der Waals surface area contributed by atoms with Crippen LogP contribution >= 0.6 is 23.2 Å². The first-order chi connectivity index (χ1) is 9.44. The van der Waals surface area contributed by atoms with Gasteiger partial charge in [0.25, 0.3) is 10.0 Å². The van der Waals surface area contributed by atoms with Crippen molar-refractivity contribution in [2.45, 2.75) is 11.1 Å². The van der Waals surface area contributed by atoms with Crippen LogP contribution in [0.2, 0.25) is 10.0 Å². The number of hydrogen-bond acceptors (Lipinski definition) is 4. The molecule has 1 atom stereocenters. The van der Waals surface area contributed by atoms with Crippen molar-refractivity contribution in [3.8, 4) is 6.07 Å². The van der Waals surface area contributed by atoms with Crippen molar-refractivity contribution in [1.29, 1.82) is 5.26 Å². The van der Waals surface area contributed by atoms with Gasteiger partial charge in [0.1, 0.15) is 6.04 Å². The van der Waals surface area contributed by atoms with E-state index in [9.17, 15) is 8.42 Å². The predicted molar refractivity (Wildman–Crippen MR) is 73.7 cm³/mol. The number of rotatable bonds is 4. The van der Waals surface area contributed by atoms with Crippen molar-refractivity contribution >= 4 is 33.2 Å². The van der Waals surface area contributed by atoms with Crippen molar-refractivity contribution in [1.82, 2.24) is 14.7 Å². The number of nitriles is 1. The topological polar surface area (TPSA) is 98.6 Å². The number of hydrogen-bond donors (Lipinski definition) is 2. The van der Waals surface area contributed by atoms with Crippen LogP contribution in [0, 0.1) is 11.3 Å². The van der Waals surface area contributed by atoms with Crippen LogP contribution in [-0.4, -0.2) is 18.4 Å². The number of nitrogens with zero attached hydrogens (tertiary/aromatic N) is 2. The molecule has 0 fully saturated rings. The molecule has 9 heteroatoms. The highest BCUT2D eigenvalue weighted by molar-refractivity contribution is 7.89. The zero-order valence-electron chi connectivity index (χ0n) is 9.84. The first kappa shape index (κ1) is 14.8. The molecule has 0 aliphatic carbocycles. The summed E-state index contributed by atoms with van der Waals surface area (Å²) in [6.45, 7) is 0. The Morgan fingerprint density at radius 2 is 2.10 bits per heavy atom. The fourth-order valence-electron chi connectivity index (χ4n) is 1.47. The van der Waals surface area contributed by atoms with E-state index in [0.29, 0.717) is 10.6 Å². The molecule has 2 N–H and O–H groups in total. The van der Waals surface area contributed by atoms with Crippen molar-refractivity contribution in [3.63, 3.8) is 0 Å². The molecule has 1 aromatic heterocycles. The first-order valence-corrected chi connectivity index (χ1v) is 7.53. The van der Waals surface area contributed by atoms with Crippen LogP contribution in [-0.2, 0) is 10.0 Å². The molecule has 2 aromatic rings. The molecule has 0 radical (unpaired) electrons. The second-order valence-electron chi connectivity index (χ2n) is 3.77. The zero-order chi connectivity index (χ0) is 14.8. The molecule has 0 aliphatic rings. The number of benzene rings is 1. The van der Waals surface area contributed by atoms with E-state index in [0.717, 1.165) is 6.20 Å². The van der Waals surface area contributed by atoms with Gasteiger partial charge < -0.3 is 4.98 Å². The van der Waals surface area contributed by atoms with Crippen LogP contribution in [0.15, 0.2) is 35.7 Å². The summed E-state index contributed by atoms with van der Waals surface area (Å²) in [7, 11) is -3.87. The van der Waals surface area contributed by atoms with E-state index in [1.165, 1.54) is 24.5 Å². The number of aromatic amines is 1. The van der Waals surface area contributed by atoms with Gasteiger partial charge in [-0.1, -0.05) is 29.3 Å². The van der Waals surface area contributed by atoms with Crippen LogP contribution in [0.1, 0.15) is 11.6 Å². The van der Waals surface area contributed by atoms with Crippen molar-refractivity contribution in [2.75, 3.05) is 0 Å². The lowest BCUT2D eigenvalue weighted by Crippen LogP contribution is -2.28. The van der Waals surface area contributed by atoms with Gasteiger partial charge >= 0.3 is 0 Å². The minimum Gasteiger partial charge on any atom is -0.335 e. The maximum Gasteiger partial charge on any atom is 0.259 e. The SMILES string of the molecule is N#CC(NS(=O)(=O)c1cnc[nH]1)c1ccc(Cl)c(Cl)c1. The normalized spacial score (nSPS) is 12.8. The van der Waals surface area contributed by atoms with Gasteiger partial charge in [-0.25, -0.2) is 13.4 Å². The average molecular weight is 331 g/mol. The Hall–Kier alpha value is -1.59. The maximum absolute atomic E-state index is 12.0. The molecule has 0 saturated heterocycles. The highest BCUT2D eigenvalue weighted by Gasteiger charge is 2.22. The van der Waals surface area contributed by atoms with Crippen LogP contribution in [0.25, 0.3) is 0 Å². The van der Waals surface area contributed by atoms with E-state index in [4.69, 9.17) is 28.5 Å². The van der Waals surface area contributed by atoms with E-state index >= 15 is 0 Å². The van der Waals surface area contributed by atoms with Gasteiger partial charge in [-0.05, 0) is 17.7 Å². The lowest BCUT2D eigenvalue weighted by Gasteiger charge is -2.12. The molecule has 0 spiro atoms. The van der Waals surface area contributed by atoms with E-state index < -0.39 is 16.1 Å². The summed E-state index contributed by atoms with van der Waals surface area (Å²) in [5, 5.41) is 9.56. The Morgan fingerprint density at radius 1 is 1.35 bits per heavy atom. The summed E-state index contributed by atoms with van der Waals surface area (Å²) >= 11 is 11.6. The molecular weight excluding hydrogens is 323 g/mol. The Bertz CT molecular complexity index is 753. The summed E-state index contributed by atoms with van der Waals surface area (Å²) in [6.07, 6.45) is 2.38. The monoisotopic (exact) mass is 330 g/mol. The quantitative estimate of drug-likeness (QED) is 0.898. The smallest absolute Gasteiger partial charge is 0.259 e. The maximum atomic E-state index is 12.0. The van der Waals surface area contributed by atoms with Gasteiger partial charge in [0.05, 0.1) is 28.6 Å². The molecule has 6 nitrogen and oxygen atoms in total. The third kappa shape index (κ3) is 3.11. The highest BCUT2D eigenvalue weighted by atomic mass is 35.5. The molecule has 0 aliphatic heterocycles. The standard InChI is InChI=1S/C11H8Cl2N4O2S/c12-8-2-1-7(3-9(8)13)10(4-14)17-20(18,19)11-5-15-6-16-11/h1-3,5-6,10,17H,(H,15,16). The summed E-state index contributed by atoms with van der Waals surface area (Å²) in [4.78, 5) is 6.08. The third-order valence-corrected chi connectivity index (χ3v) is 4.53. The Labute approximate surface area is 125 Å². The van der Waals surface area contributed by atoms with Crippen LogP contribution in [0.3, 0.4) is 0 Å². The summed E-state index contributed by atoms with van der Waals surface area (Å²) in [6, 6.07) is 5.23. The van der Waals surface area contributed by atoms with Gasteiger partial charge in [-0.15, -0.1) is 0 Å². The molecule has 0 saturated carbocycles.